The summed E-state index contributed by atoms with van der Waals surface area (Å²) in [4.78, 5) is 24.4. The van der Waals surface area contributed by atoms with Gasteiger partial charge in [0, 0.05) is 11.6 Å². The van der Waals surface area contributed by atoms with Gasteiger partial charge in [-0.1, -0.05) is 6.07 Å². The van der Waals surface area contributed by atoms with E-state index in [0.717, 1.165) is 18.6 Å². The molecule has 5 atom stereocenters. The van der Waals surface area contributed by atoms with E-state index < -0.39 is 23.6 Å². The molecule has 1 saturated heterocycles. The van der Waals surface area contributed by atoms with E-state index in [1.54, 1.807) is 0 Å². The van der Waals surface area contributed by atoms with E-state index in [0.29, 0.717) is 6.42 Å². The van der Waals surface area contributed by atoms with Gasteiger partial charge in [-0.2, -0.15) is 13.2 Å². The SMILES string of the molecule is O=C(Nc1cccc(C(F)(F)F)c1)[C@@H]1[C@@H]2C[C@@H]3[C@H]1C(=O)O[C@@H]3C2. The van der Waals surface area contributed by atoms with Gasteiger partial charge < -0.3 is 10.1 Å². The molecule has 1 amide bonds. The van der Waals surface area contributed by atoms with E-state index >= 15 is 0 Å². The van der Waals surface area contributed by atoms with Crippen LogP contribution in [0.3, 0.4) is 0 Å². The van der Waals surface area contributed by atoms with Crippen LogP contribution in [-0.4, -0.2) is 18.0 Å². The minimum absolute atomic E-state index is 0.0740. The Morgan fingerprint density at radius 3 is 2.78 bits per heavy atom. The average Bonchev–Trinajstić information content (AvgIpc) is 3.08. The molecule has 2 aliphatic carbocycles. The molecule has 3 fully saturated rings. The first-order valence-electron chi connectivity index (χ1n) is 7.53. The smallest absolute Gasteiger partial charge is 0.416 e. The van der Waals surface area contributed by atoms with Crippen LogP contribution in [0.25, 0.3) is 0 Å². The fourth-order valence-corrected chi connectivity index (χ4v) is 4.36. The topological polar surface area (TPSA) is 55.4 Å². The quantitative estimate of drug-likeness (QED) is 0.851. The largest absolute Gasteiger partial charge is 0.462 e. The molecule has 1 aromatic carbocycles. The Balaban J connectivity index is 1.54. The number of ether oxygens (including phenoxy) is 1. The van der Waals surface area contributed by atoms with E-state index in [4.69, 9.17) is 4.74 Å². The lowest BCUT2D eigenvalue weighted by Gasteiger charge is -2.23. The monoisotopic (exact) mass is 325 g/mol. The highest BCUT2D eigenvalue weighted by Gasteiger charge is 2.63. The predicted molar refractivity (Wildman–Crippen MR) is 73.1 cm³/mol. The highest BCUT2D eigenvalue weighted by molar-refractivity contribution is 5.97. The molecule has 4 rings (SSSR count). The van der Waals surface area contributed by atoms with Gasteiger partial charge in [0.1, 0.15) is 6.10 Å². The number of amides is 1. The summed E-state index contributed by atoms with van der Waals surface area (Å²) in [6.45, 7) is 0. The van der Waals surface area contributed by atoms with Crippen LogP contribution < -0.4 is 5.32 Å². The Hall–Kier alpha value is -2.05. The van der Waals surface area contributed by atoms with E-state index in [-0.39, 0.29) is 35.5 Å². The van der Waals surface area contributed by atoms with Gasteiger partial charge >= 0.3 is 12.1 Å². The van der Waals surface area contributed by atoms with Gasteiger partial charge in [-0.15, -0.1) is 0 Å². The van der Waals surface area contributed by atoms with Gasteiger partial charge in [-0.25, -0.2) is 0 Å². The maximum absolute atomic E-state index is 12.7. The molecule has 1 N–H and O–H groups in total. The first-order chi connectivity index (χ1) is 10.8. The molecule has 3 aliphatic rings. The number of anilines is 1. The van der Waals surface area contributed by atoms with Crippen LogP contribution in [0.5, 0.6) is 0 Å². The summed E-state index contributed by atoms with van der Waals surface area (Å²) < 4.78 is 43.5. The van der Waals surface area contributed by atoms with Crippen molar-refractivity contribution in [2.75, 3.05) is 5.32 Å². The van der Waals surface area contributed by atoms with Crippen molar-refractivity contribution in [3.8, 4) is 0 Å². The molecule has 1 heterocycles. The number of nitrogens with one attached hydrogen (secondary N) is 1. The molecular weight excluding hydrogens is 311 g/mol. The summed E-state index contributed by atoms with van der Waals surface area (Å²) >= 11 is 0. The third-order valence-electron chi connectivity index (χ3n) is 5.24. The fraction of sp³-hybridized carbons (Fsp3) is 0.500. The van der Waals surface area contributed by atoms with E-state index in [1.807, 2.05) is 0 Å². The number of esters is 1. The Morgan fingerprint density at radius 1 is 1.26 bits per heavy atom. The first-order valence-corrected chi connectivity index (χ1v) is 7.53. The molecule has 122 valence electrons. The third-order valence-corrected chi connectivity index (χ3v) is 5.24. The van der Waals surface area contributed by atoms with Crippen molar-refractivity contribution in [1.82, 2.24) is 0 Å². The molecule has 0 aromatic heterocycles. The molecule has 1 aliphatic heterocycles. The standard InChI is InChI=1S/C16H14F3NO3/c17-16(18,19)8-2-1-3-9(6-8)20-14(21)12-7-4-10-11(5-7)23-15(22)13(10)12/h1-3,6-7,10-13H,4-5H2,(H,20,21)/t7-,10+,11-,12-,13-/m1/s1. The second-order valence-corrected chi connectivity index (χ2v) is 6.49. The van der Waals surface area contributed by atoms with Crippen LogP contribution in [-0.2, 0) is 20.5 Å². The summed E-state index contributed by atoms with van der Waals surface area (Å²) in [6.07, 6.45) is -3.08. The van der Waals surface area contributed by atoms with Crippen molar-refractivity contribution in [1.29, 1.82) is 0 Å². The second-order valence-electron chi connectivity index (χ2n) is 6.49. The molecule has 7 heteroatoms. The second kappa shape index (κ2) is 4.72. The van der Waals surface area contributed by atoms with E-state index in [2.05, 4.69) is 5.32 Å². The number of carbonyl (C=O) groups excluding carboxylic acids is 2. The van der Waals surface area contributed by atoms with Gasteiger partial charge in [0.2, 0.25) is 5.91 Å². The molecule has 23 heavy (non-hydrogen) atoms. The molecule has 2 bridgehead atoms. The van der Waals surface area contributed by atoms with Gasteiger partial charge in [0.15, 0.2) is 0 Å². The van der Waals surface area contributed by atoms with Crippen molar-refractivity contribution in [3.63, 3.8) is 0 Å². The number of rotatable bonds is 2. The molecule has 0 spiro atoms. The summed E-state index contributed by atoms with van der Waals surface area (Å²) in [6, 6.07) is 4.52. The van der Waals surface area contributed by atoms with Crippen LogP contribution in [0, 0.1) is 23.7 Å². The minimum atomic E-state index is -4.46. The Kier molecular flexibility index (Phi) is 2.98. The Labute approximate surface area is 130 Å². The molecule has 2 saturated carbocycles. The van der Waals surface area contributed by atoms with Crippen molar-refractivity contribution < 1.29 is 27.5 Å². The number of alkyl halides is 3. The van der Waals surface area contributed by atoms with Crippen LogP contribution in [0.4, 0.5) is 18.9 Å². The van der Waals surface area contributed by atoms with Crippen LogP contribution in [0.1, 0.15) is 18.4 Å². The molecular formula is C16H14F3NO3. The van der Waals surface area contributed by atoms with Gasteiger partial charge in [-0.3, -0.25) is 9.59 Å². The number of hydrogen-bond donors (Lipinski definition) is 1. The number of carbonyl (C=O) groups is 2. The van der Waals surface area contributed by atoms with Gasteiger partial charge in [0.05, 0.1) is 17.4 Å². The Morgan fingerprint density at radius 2 is 2.04 bits per heavy atom. The zero-order valence-electron chi connectivity index (χ0n) is 12.0. The van der Waals surface area contributed by atoms with Crippen molar-refractivity contribution in [2.24, 2.45) is 23.7 Å². The van der Waals surface area contributed by atoms with Crippen LogP contribution in [0.15, 0.2) is 24.3 Å². The fourth-order valence-electron chi connectivity index (χ4n) is 4.36. The molecule has 0 radical (unpaired) electrons. The van der Waals surface area contributed by atoms with E-state index in [9.17, 15) is 22.8 Å². The molecule has 0 unspecified atom stereocenters. The van der Waals surface area contributed by atoms with Gasteiger partial charge in [0.25, 0.3) is 0 Å². The first kappa shape index (κ1) is 14.5. The maximum atomic E-state index is 12.7. The van der Waals surface area contributed by atoms with E-state index in [1.165, 1.54) is 12.1 Å². The summed E-state index contributed by atoms with van der Waals surface area (Å²) in [5.41, 5.74) is -0.723. The molecule has 1 aromatic rings. The lowest BCUT2D eigenvalue weighted by atomic mass is 9.79. The summed E-state index contributed by atoms with van der Waals surface area (Å²) in [5, 5.41) is 2.54. The lowest BCUT2D eigenvalue weighted by Crippen LogP contribution is -2.35. The third kappa shape index (κ3) is 2.21. The normalized spacial score (nSPS) is 34.6. The summed E-state index contributed by atoms with van der Waals surface area (Å²) in [5.74, 6) is -1.51. The van der Waals surface area contributed by atoms with Crippen molar-refractivity contribution in [2.45, 2.75) is 25.1 Å². The number of benzene rings is 1. The van der Waals surface area contributed by atoms with Crippen molar-refractivity contribution in [3.05, 3.63) is 29.8 Å². The highest BCUT2D eigenvalue weighted by Crippen LogP contribution is 2.57. The Bertz CT molecular complexity index is 685. The zero-order chi connectivity index (χ0) is 16.4. The number of hydrogen-bond acceptors (Lipinski definition) is 3. The number of halogens is 3. The molecule has 4 nitrogen and oxygen atoms in total. The lowest BCUT2D eigenvalue weighted by molar-refractivity contribution is -0.145. The number of fused-ring (bicyclic) bond motifs is 1. The van der Waals surface area contributed by atoms with Crippen LogP contribution in [0.2, 0.25) is 0 Å². The summed E-state index contributed by atoms with van der Waals surface area (Å²) in [7, 11) is 0. The highest BCUT2D eigenvalue weighted by atomic mass is 19.4. The maximum Gasteiger partial charge on any atom is 0.416 e. The van der Waals surface area contributed by atoms with Crippen LogP contribution >= 0.6 is 0 Å². The van der Waals surface area contributed by atoms with Gasteiger partial charge in [-0.05, 0) is 37.0 Å². The average molecular weight is 325 g/mol. The zero-order valence-corrected chi connectivity index (χ0v) is 12.0. The minimum Gasteiger partial charge on any atom is -0.462 e. The predicted octanol–water partition coefficient (Wildman–Crippen LogP) is 2.84. The van der Waals surface area contributed by atoms with Crippen molar-refractivity contribution >= 4 is 17.6 Å².